The second kappa shape index (κ2) is 3.83. The van der Waals surface area contributed by atoms with Gasteiger partial charge in [-0.25, -0.2) is 4.39 Å². The lowest BCUT2D eigenvalue weighted by atomic mass is 10.1. The molecule has 64 valence electrons. The lowest BCUT2D eigenvalue weighted by molar-refractivity contribution is 0.229. The molecule has 3 heteroatoms. The van der Waals surface area contributed by atoms with Crippen molar-refractivity contribution >= 4 is 15.9 Å². The topological polar surface area (TPSA) is 20.2 Å². The molecule has 12 heavy (non-hydrogen) atoms. The van der Waals surface area contributed by atoms with Gasteiger partial charge in [-0.3, -0.25) is 0 Å². The Morgan fingerprint density at radius 3 is 2.75 bits per heavy atom. The summed E-state index contributed by atoms with van der Waals surface area (Å²) in [4.78, 5) is 0. The molecule has 0 saturated heterocycles. The third-order valence-electron chi connectivity index (χ3n) is 1.51. The molecule has 0 bridgehead atoms. The molecule has 1 N–H and O–H groups in total. The van der Waals surface area contributed by atoms with Gasteiger partial charge in [-0.1, -0.05) is 12.1 Å². The van der Waals surface area contributed by atoms with Gasteiger partial charge in [0.2, 0.25) is 0 Å². The number of aliphatic hydroxyl groups is 1. The second-order valence-electron chi connectivity index (χ2n) is 2.35. The van der Waals surface area contributed by atoms with Crippen LogP contribution in [0.25, 0.3) is 0 Å². The zero-order chi connectivity index (χ0) is 9.14. The number of aliphatic hydroxyl groups excluding tert-OH is 1. The van der Waals surface area contributed by atoms with E-state index in [0.29, 0.717) is 10.0 Å². The first-order valence-corrected chi connectivity index (χ1v) is 4.20. The molecular weight excluding hydrogens is 223 g/mol. The average molecular weight is 231 g/mol. The van der Waals surface area contributed by atoms with Crippen LogP contribution in [-0.2, 0) is 0 Å². The molecule has 0 spiro atoms. The highest BCUT2D eigenvalue weighted by molar-refractivity contribution is 9.10. The van der Waals surface area contributed by atoms with Gasteiger partial charge < -0.3 is 5.11 Å². The Labute approximate surface area is 78.7 Å². The van der Waals surface area contributed by atoms with Crippen LogP contribution in [-0.4, -0.2) is 5.11 Å². The van der Waals surface area contributed by atoms with Gasteiger partial charge in [-0.2, -0.15) is 0 Å². The number of benzene rings is 1. The average Bonchev–Trinajstić information content (AvgIpc) is 2.08. The van der Waals surface area contributed by atoms with Crippen molar-refractivity contribution in [2.24, 2.45) is 0 Å². The third-order valence-corrected chi connectivity index (χ3v) is 2.12. The number of halogens is 2. The highest BCUT2D eigenvalue weighted by Crippen LogP contribution is 2.21. The van der Waals surface area contributed by atoms with Gasteiger partial charge in [-0.05, 0) is 33.6 Å². The Bertz CT molecular complexity index is 299. The molecule has 0 saturated carbocycles. The molecule has 0 aliphatic carbocycles. The van der Waals surface area contributed by atoms with E-state index in [1.807, 2.05) is 0 Å². The highest BCUT2D eigenvalue weighted by Gasteiger charge is 2.05. The van der Waals surface area contributed by atoms with E-state index in [-0.39, 0.29) is 5.82 Å². The molecule has 1 rings (SSSR count). The fourth-order valence-electron chi connectivity index (χ4n) is 0.832. The molecule has 0 radical (unpaired) electrons. The van der Waals surface area contributed by atoms with Crippen LogP contribution in [0.4, 0.5) is 4.39 Å². The van der Waals surface area contributed by atoms with E-state index < -0.39 is 6.10 Å². The van der Waals surface area contributed by atoms with E-state index in [4.69, 9.17) is 0 Å². The Balaban J connectivity index is 3.04. The van der Waals surface area contributed by atoms with Gasteiger partial charge in [-0.15, -0.1) is 6.58 Å². The molecule has 1 nitrogen and oxygen atoms in total. The highest BCUT2D eigenvalue weighted by atomic mass is 79.9. The smallest absolute Gasteiger partial charge is 0.137 e. The van der Waals surface area contributed by atoms with Crippen LogP contribution in [0.3, 0.4) is 0 Å². The van der Waals surface area contributed by atoms with Gasteiger partial charge in [0.15, 0.2) is 0 Å². The lowest BCUT2D eigenvalue weighted by Gasteiger charge is -2.05. The zero-order valence-corrected chi connectivity index (χ0v) is 7.88. The SMILES string of the molecule is C=CC(O)c1ccc(F)c(Br)c1. The molecule has 0 aliphatic heterocycles. The first-order valence-electron chi connectivity index (χ1n) is 3.40. The maximum atomic E-state index is 12.7. The summed E-state index contributed by atoms with van der Waals surface area (Å²) in [7, 11) is 0. The zero-order valence-electron chi connectivity index (χ0n) is 6.30. The number of rotatable bonds is 2. The van der Waals surface area contributed by atoms with Crippen molar-refractivity contribution in [2.75, 3.05) is 0 Å². The van der Waals surface area contributed by atoms with Gasteiger partial charge >= 0.3 is 0 Å². The maximum absolute atomic E-state index is 12.7. The standard InChI is InChI=1S/C9H8BrFO/c1-2-9(12)6-3-4-8(11)7(10)5-6/h2-5,9,12H,1H2. The quantitative estimate of drug-likeness (QED) is 0.776. The Hall–Kier alpha value is -0.670. The number of hydrogen-bond donors (Lipinski definition) is 1. The van der Waals surface area contributed by atoms with Crippen molar-refractivity contribution in [3.8, 4) is 0 Å². The summed E-state index contributed by atoms with van der Waals surface area (Å²) in [6.45, 7) is 3.43. The molecule has 1 atom stereocenters. The summed E-state index contributed by atoms with van der Waals surface area (Å²) in [5.41, 5.74) is 0.623. The van der Waals surface area contributed by atoms with E-state index in [2.05, 4.69) is 22.5 Å². The van der Waals surface area contributed by atoms with E-state index in [1.165, 1.54) is 24.3 Å². The van der Waals surface area contributed by atoms with Crippen LogP contribution in [0.2, 0.25) is 0 Å². The van der Waals surface area contributed by atoms with Crippen LogP contribution >= 0.6 is 15.9 Å². The largest absolute Gasteiger partial charge is 0.384 e. The molecule has 1 aromatic carbocycles. The van der Waals surface area contributed by atoms with Gasteiger partial charge in [0.1, 0.15) is 5.82 Å². The fourth-order valence-corrected chi connectivity index (χ4v) is 1.23. The fraction of sp³-hybridized carbons (Fsp3) is 0.111. The van der Waals surface area contributed by atoms with E-state index in [9.17, 15) is 9.50 Å². The Morgan fingerprint density at radius 2 is 2.25 bits per heavy atom. The predicted octanol–water partition coefficient (Wildman–Crippen LogP) is 2.81. The van der Waals surface area contributed by atoms with E-state index in [0.717, 1.165) is 0 Å². The maximum Gasteiger partial charge on any atom is 0.137 e. The molecule has 0 amide bonds. The van der Waals surface area contributed by atoms with Crippen LogP contribution in [0.15, 0.2) is 35.3 Å². The molecular formula is C9H8BrFO. The number of hydrogen-bond acceptors (Lipinski definition) is 1. The summed E-state index contributed by atoms with van der Waals surface area (Å²) in [6, 6.07) is 4.35. The summed E-state index contributed by atoms with van der Waals surface area (Å²) >= 11 is 3.02. The molecule has 0 heterocycles. The normalized spacial score (nSPS) is 12.6. The Morgan fingerprint density at radius 1 is 1.58 bits per heavy atom. The van der Waals surface area contributed by atoms with E-state index >= 15 is 0 Å². The molecule has 0 aromatic heterocycles. The van der Waals surface area contributed by atoms with Gasteiger partial charge in [0.05, 0.1) is 10.6 Å². The lowest BCUT2D eigenvalue weighted by Crippen LogP contribution is -1.92. The minimum absolute atomic E-state index is 0.338. The minimum Gasteiger partial charge on any atom is -0.384 e. The summed E-state index contributed by atoms with van der Waals surface area (Å²) in [5.74, 6) is -0.338. The van der Waals surface area contributed by atoms with Crippen molar-refractivity contribution in [2.45, 2.75) is 6.10 Å². The van der Waals surface area contributed by atoms with Crippen LogP contribution in [0, 0.1) is 5.82 Å². The summed E-state index contributed by atoms with van der Waals surface area (Å²) in [6.07, 6.45) is 0.654. The first kappa shape index (κ1) is 9.42. The van der Waals surface area contributed by atoms with Crippen LogP contribution < -0.4 is 0 Å². The van der Waals surface area contributed by atoms with Crippen LogP contribution in [0.1, 0.15) is 11.7 Å². The first-order chi connectivity index (χ1) is 5.65. The molecule has 0 aliphatic rings. The Kier molecular flexibility index (Phi) is 3.00. The van der Waals surface area contributed by atoms with Crippen molar-refractivity contribution in [3.05, 3.63) is 46.7 Å². The van der Waals surface area contributed by atoms with Crippen molar-refractivity contribution in [1.82, 2.24) is 0 Å². The van der Waals surface area contributed by atoms with Gasteiger partial charge in [0, 0.05) is 0 Å². The van der Waals surface area contributed by atoms with Crippen molar-refractivity contribution in [3.63, 3.8) is 0 Å². The third kappa shape index (κ3) is 1.93. The summed E-state index contributed by atoms with van der Waals surface area (Å²) in [5, 5.41) is 9.28. The van der Waals surface area contributed by atoms with Crippen molar-refractivity contribution < 1.29 is 9.50 Å². The van der Waals surface area contributed by atoms with Crippen molar-refractivity contribution in [1.29, 1.82) is 0 Å². The van der Waals surface area contributed by atoms with Crippen LogP contribution in [0.5, 0.6) is 0 Å². The second-order valence-corrected chi connectivity index (χ2v) is 3.21. The van der Waals surface area contributed by atoms with Gasteiger partial charge in [0.25, 0.3) is 0 Å². The molecule has 1 aromatic rings. The minimum atomic E-state index is -0.734. The molecule has 1 unspecified atom stereocenters. The predicted molar refractivity (Wildman–Crippen MR) is 49.3 cm³/mol. The molecule has 0 fully saturated rings. The monoisotopic (exact) mass is 230 g/mol. The van der Waals surface area contributed by atoms with E-state index in [1.54, 1.807) is 0 Å². The summed E-state index contributed by atoms with van der Waals surface area (Å²) < 4.78 is 13.1.